The maximum absolute atomic E-state index is 6.23. The molecule has 0 bridgehead atoms. The molecule has 0 spiro atoms. The maximum Gasteiger partial charge on any atom is 0.219 e. The fraction of sp³-hybridized carbons (Fsp3) is 0.370. The van der Waals surface area contributed by atoms with Gasteiger partial charge in [-0.15, -0.1) is 31.7 Å². The maximum atomic E-state index is 6.23. The molecular weight excluding hydrogens is 492 g/mol. The SMILES string of the molecule is Cc1nnc(C[C@@H]2N=C(c3ccc(Cl)cc3)c3c(sc(C#CC4CCCC4)c3C)-n3c(C)nnc32)o1. The summed E-state index contributed by atoms with van der Waals surface area (Å²) in [6.45, 7) is 5.90. The summed E-state index contributed by atoms with van der Waals surface area (Å²) in [5.74, 6) is 10.2. The molecule has 6 rings (SSSR count). The number of aliphatic imine (C=N–C) groups is 1. The van der Waals surface area contributed by atoms with Crippen molar-refractivity contribution in [2.24, 2.45) is 10.9 Å². The number of thiophene rings is 1. The Morgan fingerprint density at radius 3 is 2.56 bits per heavy atom. The van der Waals surface area contributed by atoms with E-state index in [4.69, 9.17) is 21.0 Å². The molecule has 1 atom stereocenters. The van der Waals surface area contributed by atoms with Crippen LogP contribution in [0.25, 0.3) is 5.00 Å². The Balaban J connectivity index is 1.55. The predicted octanol–water partition coefficient (Wildman–Crippen LogP) is 5.97. The minimum Gasteiger partial charge on any atom is -0.426 e. The van der Waals surface area contributed by atoms with Crippen LogP contribution in [0.4, 0.5) is 0 Å². The Hall–Kier alpha value is -3.28. The summed E-state index contributed by atoms with van der Waals surface area (Å²) >= 11 is 7.92. The first-order valence-corrected chi connectivity index (χ1v) is 13.4. The van der Waals surface area contributed by atoms with Crippen molar-refractivity contribution in [3.8, 4) is 16.8 Å². The smallest absolute Gasteiger partial charge is 0.219 e. The summed E-state index contributed by atoms with van der Waals surface area (Å²) in [4.78, 5) is 6.34. The van der Waals surface area contributed by atoms with Gasteiger partial charge in [0.1, 0.15) is 16.9 Å². The van der Waals surface area contributed by atoms with E-state index in [0.29, 0.717) is 29.1 Å². The zero-order valence-electron chi connectivity index (χ0n) is 20.4. The predicted molar refractivity (Wildman–Crippen MR) is 140 cm³/mol. The lowest BCUT2D eigenvalue weighted by atomic mass is 9.99. The fourth-order valence-electron chi connectivity index (χ4n) is 4.96. The number of rotatable bonds is 3. The third-order valence-electron chi connectivity index (χ3n) is 6.80. The van der Waals surface area contributed by atoms with Gasteiger partial charge >= 0.3 is 0 Å². The molecule has 1 aromatic carbocycles. The molecule has 2 aliphatic rings. The number of hydrogen-bond acceptors (Lipinski definition) is 7. The molecule has 3 aromatic heterocycles. The first kappa shape index (κ1) is 23.1. The second-order valence-corrected chi connectivity index (χ2v) is 10.8. The topological polar surface area (TPSA) is 82.0 Å². The minimum atomic E-state index is -0.344. The second kappa shape index (κ2) is 9.30. The van der Waals surface area contributed by atoms with Gasteiger partial charge in [0.05, 0.1) is 17.0 Å². The van der Waals surface area contributed by atoms with Crippen molar-refractivity contribution in [3.63, 3.8) is 0 Å². The standard InChI is InChI=1S/C27H25ClN6OS/c1-15-22(13-8-18-6-4-5-7-18)36-27-24(15)25(19-9-11-20(28)12-10-19)29-21(14-23-32-31-17(3)35-23)26-33-30-16(2)34(26)27/h9-12,18,21H,4-7,14H2,1-3H3/t21-/m0/s1. The zero-order chi connectivity index (χ0) is 24.8. The van der Waals surface area contributed by atoms with E-state index in [1.807, 2.05) is 31.2 Å². The zero-order valence-corrected chi connectivity index (χ0v) is 21.9. The number of nitrogens with zero attached hydrogens (tertiary/aromatic N) is 6. The molecule has 0 radical (unpaired) electrons. The van der Waals surface area contributed by atoms with Gasteiger partial charge in [0.25, 0.3) is 0 Å². The van der Waals surface area contributed by atoms with Crippen molar-refractivity contribution >= 4 is 28.6 Å². The molecule has 0 unspecified atom stereocenters. The van der Waals surface area contributed by atoms with E-state index in [9.17, 15) is 0 Å². The van der Waals surface area contributed by atoms with Crippen molar-refractivity contribution in [2.45, 2.75) is 58.9 Å². The highest BCUT2D eigenvalue weighted by molar-refractivity contribution is 7.15. The number of fused-ring (bicyclic) bond motifs is 3. The third-order valence-corrected chi connectivity index (χ3v) is 8.24. The Morgan fingerprint density at radius 2 is 1.83 bits per heavy atom. The molecule has 0 amide bonds. The molecule has 4 heterocycles. The van der Waals surface area contributed by atoms with E-state index in [1.165, 1.54) is 25.7 Å². The molecule has 1 saturated carbocycles. The van der Waals surface area contributed by atoms with Crippen molar-refractivity contribution in [1.29, 1.82) is 0 Å². The van der Waals surface area contributed by atoms with Gasteiger partial charge in [-0.05, 0) is 44.4 Å². The van der Waals surface area contributed by atoms with Gasteiger partial charge in [-0.3, -0.25) is 9.56 Å². The quantitative estimate of drug-likeness (QED) is 0.313. The van der Waals surface area contributed by atoms with Crippen LogP contribution in [0.3, 0.4) is 0 Å². The van der Waals surface area contributed by atoms with Gasteiger partial charge in [-0.25, -0.2) is 0 Å². The minimum absolute atomic E-state index is 0.344. The van der Waals surface area contributed by atoms with Gasteiger partial charge in [0.2, 0.25) is 11.8 Å². The van der Waals surface area contributed by atoms with Crippen LogP contribution in [-0.2, 0) is 6.42 Å². The van der Waals surface area contributed by atoms with E-state index in [1.54, 1.807) is 18.3 Å². The van der Waals surface area contributed by atoms with E-state index >= 15 is 0 Å². The van der Waals surface area contributed by atoms with Crippen LogP contribution < -0.4 is 0 Å². The Kier molecular flexibility index (Phi) is 5.98. The van der Waals surface area contributed by atoms with Crippen LogP contribution in [0, 0.1) is 38.5 Å². The molecule has 4 aromatic rings. The Morgan fingerprint density at radius 1 is 1.06 bits per heavy atom. The van der Waals surface area contributed by atoms with Crippen LogP contribution in [0.15, 0.2) is 33.7 Å². The van der Waals surface area contributed by atoms with E-state index in [-0.39, 0.29) is 6.04 Å². The molecular formula is C27H25ClN6OS. The molecule has 0 N–H and O–H groups in total. The largest absolute Gasteiger partial charge is 0.426 e. The van der Waals surface area contributed by atoms with E-state index in [2.05, 4.69) is 43.7 Å². The van der Waals surface area contributed by atoms with E-state index in [0.717, 1.165) is 43.9 Å². The molecule has 9 heteroatoms. The van der Waals surface area contributed by atoms with Gasteiger partial charge in [0, 0.05) is 29.0 Å². The Bertz CT molecular complexity index is 1530. The highest BCUT2D eigenvalue weighted by Crippen LogP contribution is 2.40. The highest BCUT2D eigenvalue weighted by atomic mass is 35.5. The van der Waals surface area contributed by atoms with Crippen molar-refractivity contribution in [1.82, 2.24) is 25.0 Å². The third kappa shape index (κ3) is 4.16. The van der Waals surface area contributed by atoms with Gasteiger partial charge in [-0.1, -0.05) is 48.4 Å². The first-order valence-electron chi connectivity index (χ1n) is 12.2. The summed E-state index contributed by atoms with van der Waals surface area (Å²) in [5.41, 5.74) is 4.06. The van der Waals surface area contributed by atoms with Crippen LogP contribution in [-0.4, -0.2) is 30.7 Å². The molecule has 1 aliphatic carbocycles. The van der Waals surface area contributed by atoms with Gasteiger partial charge < -0.3 is 4.42 Å². The molecule has 182 valence electrons. The number of benzene rings is 1. The molecule has 7 nitrogen and oxygen atoms in total. The average molecular weight is 517 g/mol. The van der Waals surface area contributed by atoms with Gasteiger partial charge in [-0.2, -0.15) is 0 Å². The summed E-state index contributed by atoms with van der Waals surface area (Å²) < 4.78 is 7.82. The van der Waals surface area contributed by atoms with Crippen LogP contribution in [0.5, 0.6) is 0 Å². The van der Waals surface area contributed by atoms with Crippen molar-refractivity contribution in [3.05, 3.63) is 74.3 Å². The fourth-order valence-corrected chi connectivity index (χ4v) is 6.32. The number of halogens is 1. The van der Waals surface area contributed by atoms with Gasteiger partial charge in [0.15, 0.2) is 5.82 Å². The van der Waals surface area contributed by atoms with Crippen LogP contribution >= 0.6 is 22.9 Å². The van der Waals surface area contributed by atoms with Crippen molar-refractivity contribution in [2.75, 3.05) is 0 Å². The highest BCUT2D eigenvalue weighted by Gasteiger charge is 2.32. The average Bonchev–Trinajstić information content (AvgIpc) is 3.64. The monoisotopic (exact) mass is 516 g/mol. The second-order valence-electron chi connectivity index (χ2n) is 9.35. The van der Waals surface area contributed by atoms with E-state index < -0.39 is 0 Å². The molecule has 1 aliphatic heterocycles. The normalized spacial score (nSPS) is 17.2. The molecule has 0 saturated heterocycles. The lowest BCUT2D eigenvalue weighted by Gasteiger charge is -2.11. The Labute approximate surface area is 218 Å². The number of aromatic nitrogens is 5. The number of aryl methyl sites for hydroxylation is 2. The lowest BCUT2D eigenvalue weighted by Crippen LogP contribution is -2.09. The van der Waals surface area contributed by atoms with Crippen molar-refractivity contribution < 1.29 is 4.42 Å². The van der Waals surface area contributed by atoms with Crippen LogP contribution in [0.1, 0.15) is 76.7 Å². The molecule has 36 heavy (non-hydrogen) atoms. The first-order chi connectivity index (χ1) is 17.5. The van der Waals surface area contributed by atoms with Crippen LogP contribution in [0.2, 0.25) is 5.02 Å². The molecule has 1 fully saturated rings. The summed E-state index contributed by atoms with van der Waals surface area (Å²) in [5, 5.41) is 18.9. The summed E-state index contributed by atoms with van der Waals surface area (Å²) in [6.07, 6.45) is 5.37. The lowest BCUT2D eigenvalue weighted by molar-refractivity contribution is 0.447. The summed E-state index contributed by atoms with van der Waals surface area (Å²) in [6, 6.07) is 7.48. The summed E-state index contributed by atoms with van der Waals surface area (Å²) in [7, 11) is 0. The number of hydrogen-bond donors (Lipinski definition) is 0.